The molecule has 0 saturated heterocycles. The van der Waals surface area contributed by atoms with Crippen molar-refractivity contribution < 1.29 is 19.4 Å². The smallest absolute Gasteiger partial charge is 0.267 e. The first-order valence-electron chi connectivity index (χ1n) is 8.41. The number of aliphatic hydroxyl groups is 1. The van der Waals surface area contributed by atoms with Crippen molar-refractivity contribution >= 4 is 23.6 Å². The summed E-state index contributed by atoms with van der Waals surface area (Å²) >= 11 is 0. The van der Waals surface area contributed by atoms with Crippen LogP contribution in [-0.2, 0) is 4.79 Å². The summed E-state index contributed by atoms with van der Waals surface area (Å²) in [5.41, 5.74) is 2.10. The van der Waals surface area contributed by atoms with Gasteiger partial charge in [0.15, 0.2) is 0 Å². The number of hydrogen-bond acceptors (Lipinski definition) is 5. The van der Waals surface area contributed by atoms with E-state index in [2.05, 4.69) is 16.0 Å². The molecule has 0 unspecified atom stereocenters. The molecule has 2 aromatic rings. The molecule has 0 atom stereocenters. The molecule has 0 heterocycles. The van der Waals surface area contributed by atoms with Gasteiger partial charge in [-0.1, -0.05) is 12.1 Å². The van der Waals surface area contributed by atoms with E-state index in [9.17, 15) is 9.59 Å². The van der Waals surface area contributed by atoms with E-state index in [-0.39, 0.29) is 18.8 Å². The first kappa shape index (κ1) is 20.0. The van der Waals surface area contributed by atoms with Crippen molar-refractivity contribution in [2.24, 2.45) is 0 Å². The van der Waals surface area contributed by atoms with E-state index < -0.39 is 11.8 Å². The molecule has 0 bridgehead atoms. The minimum Gasteiger partial charge on any atom is -0.497 e. The van der Waals surface area contributed by atoms with Gasteiger partial charge in [-0.25, -0.2) is 0 Å². The topological polar surface area (TPSA) is 99.7 Å². The average Bonchev–Trinajstić information content (AvgIpc) is 2.72. The first-order chi connectivity index (χ1) is 13.1. The number of rotatable bonds is 8. The van der Waals surface area contributed by atoms with Gasteiger partial charge in [-0.2, -0.15) is 0 Å². The molecule has 0 radical (unpaired) electrons. The zero-order valence-electron chi connectivity index (χ0n) is 15.3. The molecule has 0 saturated carbocycles. The van der Waals surface area contributed by atoms with Crippen LogP contribution in [0, 0.1) is 0 Å². The van der Waals surface area contributed by atoms with Gasteiger partial charge < -0.3 is 25.8 Å². The summed E-state index contributed by atoms with van der Waals surface area (Å²) in [4.78, 5) is 24.9. The second kappa shape index (κ2) is 9.98. The van der Waals surface area contributed by atoms with Crippen molar-refractivity contribution in [3.8, 4) is 5.75 Å². The van der Waals surface area contributed by atoms with Crippen LogP contribution in [0.3, 0.4) is 0 Å². The van der Waals surface area contributed by atoms with Crippen LogP contribution in [0.4, 0.5) is 5.69 Å². The van der Waals surface area contributed by atoms with Crippen LogP contribution < -0.4 is 20.7 Å². The molecule has 2 aromatic carbocycles. The van der Waals surface area contributed by atoms with Gasteiger partial charge in [0.2, 0.25) is 0 Å². The van der Waals surface area contributed by atoms with Crippen molar-refractivity contribution in [1.82, 2.24) is 10.6 Å². The summed E-state index contributed by atoms with van der Waals surface area (Å²) in [7, 11) is 3.36. The molecule has 2 rings (SSSR count). The minimum atomic E-state index is -0.486. The number of carbonyl (C=O) groups is 2. The zero-order chi connectivity index (χ0) is 19.6. The molecule has 142 valence electrons. The maximum absolute atomic E-state index is 12.5. The summed E-state index contributed by atoms with van der Waals surface area (Å²) in [6, 6.07) is 13.9. The van der Waals surface area contributed by atoms with Gasteiger partial charge in [-0.15, -0.1) is 0 Å². The highest BCUT2D eigenvalue weighted by molar-refractivity contribution is 6.05. The molecule has 4 N–H and O–H groups in total. The summed E-state index contributed by atoms with van der Waals surface area (Å²) in [6.45, 7) is -0.105. The Kier molecular flexibility index (Phi) is 7.39. The van der Waals surface area contributed by atoms with Crippen LogP contribution in [0.5, 0.6) is 5.75 Å². The van der Waals surface area contributed by atoms with Crippen LogP contribution in [0.25, 0.3) is 6.08 Å². The van der Waals surface area contributed by atoms with Crippen molar-refractivity contribution in [2.45, 2.75) is 0 Å². The fourth-order valence-corrected chi connectivity index (χ4v) is 2.27. The highest BCUT2D eigenvalue weighted by Crippen LogP contribution is 2.14. The second-order valence-corrected chi connectivity index (χ2v) is 5.59. The van der Waals surface area contributed by atoms with Gasteiger partial charge in [0, 0.05) is 24.8 Å². The Bertz CT molecular complexity index is 799. The SMILES string of the molecule is CNc1ccc(C(=O)N/C(=C\c2ccc(OC)cc2)C(=O)NCCO)cc1. The summed E-state index contributed by atoms with van der Waals surface area (Å²) in [5, 5.41) is 17.1. The van der Waals surface area contributed by atoms with Crippen molar-refractivity contribution in [3.05, 3.63) is 65.4 Å². The Balaban J connectivity index is 2.23. The van der Waals surface area contributed by atoms with Crippen LogP contribution in [0.1, 0.15) is 15.9 Å². The second-order valence-electron chi connectivity index (χ2n) is 5.59. The Morgan fingerprint density at radius 3 is 2.30 bits per heavy atom. The lowest BCUT2D eigenvalue weighted by Crippen LogP contribution is -2.36. The number of aliphatic hydroxyl groups excluding tert-OH is 1. The lowest BCUT2D eigenvalue weighted by molar-refractivity contribution is -0.117. The van der Waals surface area contributed by atoms with E-state index in [4.69, 9.17) is 9.84 Å². The number of benzene rings is 2. The maximum atomic E-state index is 12.5. The molecule has 0 fully saturated rings. The molecule has 0 aliphatic heterocycles. The van der Waals surface area contributed by atoms with Gasteiger partial charge >= 0.3 is 0 Å². The van der Waals surface area contributed by atoms with Gasteiger partial charge in [-0.05, 0) is 48.0 Å². The highest BCUT2D eigenvalue weighted by atomic mass is 16.5. The minimum absolute atomic E-state index is 0.0799. The summed E-state index contributed by atoms with van der Waals surface area (Å²) in [6.07, 6.45) is 1.56. The Labute approximate surface area is 158 Å². The molecule has 7 nitrogen and oxygen atoms in total. The van der Waals surface area contributed by atoms with Crippen molar-refractivity contribution in [3.63, 3.8) is 0 Å². The van der Waals surface area contributed by atoms with E-state index in [1.165, 1.54) is 0 Å². The fourth-order valence-electron chi connectivity index (χ4n) is 2.27. The van der Waals surface area contributed by atoms with Crippen LogP contribution >= 0.6 is 0 Å². The third kappa shape index (κ3) is 5.86. The van der Waals surface area contributed by atoms with Gasteiger partial charge in [0.1, 0.15) is 11.4 Å². The number of ether oxygens (including phenoxy) is 1. The number of amides is 2. The van der Waals surface area contributed by atoms with E-state index in [0.29, 0.717) is 11.3 Å². The van der Waals surface area contributed by atoms with Crippen LogP contribution in [0.2, 0.25) is 0 Å². The normalized spacial score (nSPS) is 10.9. The molecule has 0 aliphatic rings. The molecular weight excluding hydrogens is 346 g/mol. The molecule has 2 amide bonds. The molecule has 0 aliphatic carbocycles. The number of nitrogens with one attached hydrogen (secondary N) is 3. The third-order valence-electron chi connectivity index (χ3n) is 3.75. The standard InChI is InChI=1S/C20H23N3O4/c1-21-16-7-5-15(6-8-16)19(25)23-18(20(26)22-11-12-24)13-14-3-9-17(27-2)10-4-14/h3-10,13,21,24H,11-12H2,1-2H3,(H,22,26)(H,23,25)/b18-13-. The predicted molar refractivity (Wildman–Crippen MR) is 105 cm³/mol. The van der Waals surface area contributed by atoms with Crippen LogP contribution in [0.15, 0.2) is 54.2 Å². The predicted octanol–water partition coefficient (Wildman–Crippen LogP) is 1.62. The first-order valence-corrected chi connectivity index (χ1v) is 8.41. The van der Waals surface area contributed by atoms with E-state index in [1.807, 2.05) is 0 Å². The van der Waals surface area contributed by atoms with Crippen molar-refractivity contribution in [2.75, 3.05) is 32.6 Å². The number of carbonyl (C=O) groups excluding carboxylic acids is 2. The van der Waals surface area contributed by atoms with Crippen LogP contribution in [-0.4, -0.2) is 44.2 Å². The van der Waals surface area contributed by atoms with Crippen molar-refractivity contribution in [1.29, 1.82) is 0 Å². The Morgan fingerprint density at radius 2 is 1.74 bits per heavy atom. The molecule has 27 heavy (non-hydrogen) atoms. The quantitative estimate of drug-likeness (QED) is 0.530. The maximum Gasteiger partial charge on any atom is 0.267 e. The average molecular weight is 369 g/mol. The van der Waals surface area contributed by atoms with E-state index in [0.717, 1.165) is 11.3 Å². The van der Waals surface area contributed by atoms with Gasteiger partial charge in [0.25, 0.3) is 11.8 Å². The lowest BCUT2D eigenvalue weighted by atomic mass is 10.1. The van der Waals surface area contributed by atoms with Gasteiger partial charge in [-0.3, -0.25) is 9.59 Å². The molecular formula is C20H23N3O4. The Hall–Kier alpha value is -3.32. The molecule has 0 spiro atoms. The van der Waals surface area contributed by atoms with Gasteiger partial charge in [0.05, 0.1) is 13.7 Å². The lowest BCUT2D eigenvalue weighted by Gasteiger charge is -2.11. The van der Waals surface area contributed by atoms with E-state index >= 15 is 0 Å². The monoisotopic (exact) mass is 369 g/mol. The number of anilines is 1. The molecule has 0 aromatic heterocycles. The van der Waals surface area contributed by atoms with E-state index in [1.54, 1.807) is 68.8 Å². The molecule has 7 heteroatoms. The summed E-state index contributed by atoms with van der Waals surface area (Å²) in [5.74, 6) is -0.205. The number of methoxy groups -OCH3 is 1. The summed E-state index contributed by atoms with van der Waals surface area (Å²) < 4.78 is 5.11. The fraction of sp³-hybridized carbons (Fsp3) is 0.200. The Morgan fingerprint density at radius 1 is 1.07 bits per heavy atom. The number of hydrogen-bond donors (Lipinski definition) is 4. The zero-order valence-corrected chi connectivity index (χ0v) is 15.3. The highest BCUT2D eigenvalue weighted by Gasteiger charge is 2.14. The largest absolute Gasteiger partial charge is 0.497 e. The third-order valence-corrected chi connectivity index (χ3v) is 3.75.